The number of rotatable bonds is 3. The monoisotopic (exact) mass is 280 g/mol. The van der Waals surface area contributed by atoms with Crippen molar-refractivity contribution in [3.63, 3.8) is 0 Å². The van der Waals surface area contributed by atoms with Crippen LogP contribution in [0.4, 0.5) is 5.69 Å². The molecule has 0 atom stereocenters. The van der Waals surface area contributed by atoms with Crippen molar-refractivity contribution < 1.29 is 4.79 Å². The van der Waals surface area contributed by atoms with Gasteiger partial charge in [0.05, 0.1) is 10.6 Å². The molecule has 0 spiro atoms. The van der Waals surface area contributed by atoms with Crippen molar-refractivity contribution in [1.82, 2.24) is 5.32 Å². The summed E-state index contributed by atoms with van der Waals surface area (Å²) in [6.45, 7) is 2.31. The molecule has 4 heteroatoms. The lowest BCUT2D eigenvalue weighted by molar-refractivity contribution is 0.0963. The van der Waals surface area contributed by atoms with Crippen molar-refractivity contribution in [2.24, 2.45) is 5.92 Å². The van der Waals surface area contributed by atoms with Crippen LogP contribution < -0.4 is 10.6 Å². The number of carbonyl (C=O) groups excluding carboxylic acids is 1. The van der Waals surface area contributed by atoms with Crippen molar-refractivity contribution in [3.05, 3.63) is 28.8 Å². The maximum Gasteiger partial charge on any atom is 0.252 e. The molecule has 104 valence electrons. The molecule has 2 N–H and O–H groups in total. The first-order chi connectivity index (χ1) is 9.10. The SMILES string of the molecule is CNC(=O)c1cc(NC2CCC(C)CC2)ccc1Cl. The summed E-state index contributed by atoms with van der Waals surface area (Å²) in [5, 5.41) is 6.61. The highest BCUT2D eigenvalue weighted by Crippen LogP contribution is 2.27. The summed E-state index contributed by atoms with van der Waals surface area (Å²) in [5.74, 6) is 0.690. The van der Waals surface area contributed by atoms with Crippen LogP contribution in [0.25, 0.3) is 0 Å². The number of amides is 1. The quantitative estimate of drug-likeness (QED) is 0.887. The molecule has 2 rings (SSSR count). The van der Waals surface area contributed by atoms with Crippen molar-refractivity contribution >= 4 is 23.2 Å². The van der Waals surface area contributed by atoms with Crippen LogP contribution in [0.3, 0.4) is 0 Å². The molecular weight excluding hydrogens is 260 g/mol. The van der Waals surface area contributed by atoms with Gasteiger partial charge in [-0.25, -0.2) is 0 Å². The summed E-state index contributed by atoms with van der Waals surface area (Å²) in [6.07, 6.45) is 4.93. The van der Waals surface area contributed by atoms with Gasteiger partial charge in [-0.1, -0.05) is 18.5 Å². The fraction of sp³-hybridized carbons (Fsp3) is 0.533. The molecule has 0 unspecified atom stereocenters. The van der Waals surface area contributed by atoms with Crippen LogP contribution >= 0.6 is 11.6 Å². The number of nitrogens with one attached hydrogen (secondary N) is 2. The van der Waals surface area contributed by atoms with Gasteiger partial charge in [-0.15, -0.1) is 0 Å². The molecule has 1 amide bonds. The van der Waals surface area contributed by atoms with Crippen LogP contribution in [0.1, 0.15) is 43.0 Å². The van der Waals surface area contributed by atoms with Gasteiger partial charge in [0.1, 0.15) is 0 Å². The second kappa shape index (κ2) is 6.29. The minimum absolute atomic E-state index is 0.147. The molecule has 0 saturated heterocycles. The standard InChI is InChI=1S/C15H21ClN2O/c1-10-3-5-11(6-4-10)18-12-7-8-14(16)13(9-12)15(19)17-2/h7-11,18H,3-6H2,1-2H3,(H,17,19). The largest absolute Gasteiger partial charge is 0.382 e. The number of benzene rings is 1. The van der Waals surface area contributed by atoms with Crippen LogP contribution in [-0.2, 0) is 0 Å². The lowest BCUT2D eigenvalue weighted by Crippen LogP contribution is -2.25. The van der Waals surface area contributed by atoms with E-state index < -0.39 is 0 Å². The van der Waals surface area contributed by atoms with E-state index in [1.807, 2.05) is 12.1 Å². The molecule has 1 aliphatic rings. The first-order valence-electron chi connectivity index (χ1n) is 6.88. The Labute approximate surface area is 119 Å². The summed E-state index contributed by atoms with van der Waals surface area (Å²) in [7, 11) is 1.61. The predicted octanol–water partition coefficient (Wildman–Crippen LogP) is 3.69. The predicted molar refractivity (Wildman–Crippen MR) is 79.9 cm³/mol. The minimum Gasteiger partial charge on any atom is -0.382 e. The summed E-state index contributed by atoms with van der Waals surface area (Å²) < 4.78 is 0. The zero-order valence-corrected chi connectivity index (χ0v) is 12.3. The molecule has 0 radical (unpaired) electrons. The summed E-state index contributed by atoms with van der Waals surface area (Å²) in [4.78, 5) is 11.7. The maximum atomic E-state index is 11.7. The average molecular weight is 281 g/mol. The van der Waals surface area contributed by atoms with E-state index >= 15 is 0 Å². The van der Waals surface area contributed by atoms with Gasteiger partial charge in [-0.05, 0) is 49.8 Å². The second-order valence-electron chi connectivity index (χ2n) is 5.37. The van der Waals surface area contributed by atoms with Crippen LogP contribution in [0, 0.1) is 5.92 Å². The van der Waals surface area contributed by atoms with Crippen molar-refractivity contribution in [2.45, 2.75) is 38.6 Å². The van der Waals surface area contributed by atoms with Crippen molar-refractivity contribution in [3.8, 4) is 0 Å². The highest BCUT2D eigenvalue weighted by Gasteiger charge is 2.18. The Morgan fingerprint density at radius 2 is 1.95 bits per heavy atom. The molecule has 19 heavy (non-hydrogen) atoms. The lowest BCUT2D eigenvalue weighted by Gasteiger charge is -2.27. The molecular formula is C15H21ClN2O. The van der Waals surface area contributed by atoms with Gasteiger partial charge in [0, 0.05) is 18.8 Å². The van der Waals surface area contributed by atoms with Crippen LogP contribution in [-0.4, -0.2) is 19.0 Å². The Kier molecular flexibility index (Phi) is 4.70. The Hall–Kier alpha value is -1.22. The van der Waals surface area contributed by atoms with Gasteiger partial charge in [0.25, 0.3) is 5.91 Å². The number of hydrogen-bond acceptors (Lipinski definition) is 2. The number of carbonyl (C=O) groups is 1. The Balaban J connectivity index is 2.06. The minimum atomic E-state index is -0.147. The van der Waals surface area contributed by atoms with E-state index in [1.165, 1.54) is 25.7 Å². The first-order valence-corrected chi connectivity index (χ1v) is 7.26. The van der Waals surface area contributed by atoms with Gasteiger partial charge in [-0.3, -0.25) is 4.79 Å². The molecule has 3 nitrogen and oxygen atoms in total. The Morgan fingerprint density at radius 1 is 1.26 bits per heavy atom. The molecule has 0 bridgehead atoms. The Morgan fingerprint density at radius 3 is 2.58 bits per heavy atom. The second-order valence-corrected chi connectivity index (χ2v) is 5.78. The summed E-state index contributed by atoms with van der Waals surface area (Å²) in [6, 6.07) is 6.06. The molecule has 0 heterocycles. The molecule has 1 aromatic carbocycles. The number of anilines is 1. The van der Waals surface area contributed by atoms with E-state index in [-0.39, 0.29) is 5.91 Å². The third-order valence-electron chi connectivity index (χ3n) is 3.82. The highest BCUT2D eigenvalue weighted by atomic mass is 35.5. The van der Waals surface area contributed by atoms with Crippen molar-refractivity contribution in [2.75, 3.05) is 12.4 Å². The maximum absolute atomic E-state index is 11.7. The normalized spacial score (nSPS) is 22.9. The van der Waals surface area contributed by atoms with E-state index in [4.69, 9.17) is 11.6 Å². The molecule has 0 aliphatic heterocycles. The Bertz CT molecular complexity index is 453. The summed E-state index contributed by atoms with van der Waals surface area (Å²) >= 11 is 6.04. The zero-order chi connectivity index (χ0) is 13.8. The van der Waals surface area contributed by atoms with Crippen LogP contribution in [0.15, 0.2) is 18.2 Å². The average Bonchev–Trinajstić information content (AvgIpc) is 2.42. The highest BCUT2D eigenvalue weighted by molar-refractivity contribution is 6.34. The number of halogens is 1. The molecule has 1 aromatic rings. The zero-order valence-electron chi connectivity index (χ0n) is 11.5. The van der Waals surface area contributed by atoms with E-state index in [9.17, 15) is 4.79 Å². The van der Waals surface area contributed by atoms with Gasteiger partial charge >= 0.3 is 0 Å². The molecule has 1 saturated carbocycles. The molecule has 0 aromatic heterocycles. The van der Waals surface area contributed by atoms with Crippen LogP contribution in [0.2, 0.25) is 5.02 Å². The smallest absolute Gasteiger partial charge is 0.252 e. The van der Waals surface area contributed by atoms with Gasteiger partial charge in [0.2, 0.25) is 0 Å². The lowest BCUT2D eigenvalue weighted by atomic mass is 9.87. The molecule has 1 aliphatic carbocycles. The molecule has 1 fully saturated rings. The first kappa shape index (κ1) is 14.2. The summed E-state index contributed by atoms with van der Waals surface area (Å²) in [5.41, 5.74) is 1.50. The third-order valence-corrected chi connectivity index (χ3v) is 4.15. The van der Waals surface area contributed by atoms with E-state index in [0.717, 1.165) is 11.6 Å². The third kappa shape index (κ3) is 3.63. The number of hydrogen-bond donors (Lipinski definition) is 2. The van der Waals surface area contributed by atoms with Gasteiger partial charge in [-0.2, -0.15) is 0 Å². The van der Waals surface area contributed by atoms with Gasteiger partial charge in [0.15, 0.2) is 0 Å². The van der Waals surface area contributed by atoms with Gasteiger partial charge < -0.3 is 10.6 Å². The van der Waals surface area contributed by atoms with Crippen molar-refractivity contribution in [1.29, 1.82) is 0 Å². The van der Waals surface area contributed by atoms with E-state index in [0.29, 0.717) is 16.6 Å². The topological polar surface area (TPSA) is 41.1 Å². The van der Waals surface area contributed by atoms with E-state index in [2.05, 4.69) is 17.6 Å². The van der Waals surface area contributed by atoms with Crippen LogP contribution in [0.5, 0.6) is 0 Å². The van der Waals surface area contributed by atoms with E-state index in [1.54, 1.807) is 13.1 Å². The fourth-order valence-electron chi connectivity index (χ4n) is 2.56. The fourth-order valence-corrected chi connectivity index (χ4v) is 2.77.